The number of benzene rings is 1. The van der Waals surface area contributed by atoms with Gasteiger partial charge in [-0.3, -0.25) is 0 Å². The molecule has 2 rings (SSSR count). The SMILES string of the molecule is CCCc1cccc(C2(N)CCC(CC)CC2)c1. The Hall–Kier alpha value is -0.820. The van der Waals surface area contributed by atoms with E-state index in [-0.39, 0.29) is 5.54 Å². The van der Waals surface area contributed by atoms with Crippen molar-refractivity contribution >= 4 is 0 Å². The molecule has 1 aliphatic rings. The first-order chi connectivity index (χ1) is 8.68. The predicted molar refractivity (Wildman–Crippen MR) is 78.6 cm³/mol. The van der Waals surface area contributed by atoms with E-state index >= 15 is 0 Å². The van der Waals surface area contributed by atoms with Gasteiger partial charge in [-0.05, 0) is 49.1 Å². The molecule has 100 valence electrons. The van der Waals surface area contributed by atoms with Gasteiger partial charge < -0.3 is 5.73 Å². The lowest BCUT2D eigenvalue weighted by molar-refractivity contribution is 0.231. The summed E-state index contributed by atoms with van der Waals surface area (Å²) >= 11 is 0. The number of hydrogen-bond donors (Lipinski definition) is 1. The average molecular weight is 245 g/mol. The Morgan fingerprint density at radius 2 is 1.94 bits per heavy atom. The van der Waals surface area contributed by atoms with E-state index in [1.165, 1.54) is 43.2 Å². The van der Waals surface area contributed by atoms with Crippen LogP contribution in [0.1, 0.15) is 63.5 Å². The molecular weight excluding hydrogens is 218 g/mol. The van der Waals surface area contributed by atoms with Gasteiger partial charge in [0.2, 0.25) is 0 Å². The van der Waals surface area contributed by atoms with E-state index in [9.17, 15) is 0 Å². The van der Waals surface area contributed by atoms with E-state index < -0.39 is 0 Å². The number of rotatable bonds is 4. The van der Waals surface area contributed by atoms with Crippen molar-refractivity contribution in [2.45, 2.75) is 64.3 Å². The number of hydrogen-bond acceptors (Lipinski definition) is 1. The second kappa shape index (κ2) is 5.88. The van der Waals surface area contributed by atoms with E-state index in [0.29, 0.717) is 0 Å². The smallest absolute Gasteiger partial charge is 0.0409 e. The largest absolute Gasteiger partial charge is 0.321 e. The lowest BCUT2D eigenvalue weighted by atomic mass is 9.72. The molecule has 0 bridgehead atoms. The van der Waals surface area contributed by atoms with Crippen molar-refractivity contribution in [3.63, 3.8) is 0 Å². The van der Waals surface area contributed by atoms with Gasteiger partial charge >= 0.3 is 0 Å². The molecule has 0 heterocycles. The third-order valence-corrected chi connectivity index (χ3v) is 4.62. The Bertz CT molecular complexity index is 375. The summed E-state index contributed by atoms with van der Waals surface area (Å²) < 4.78 is 0. The van der Waals surface area contributed by atoms with Crippen LogP contribution in [0.15, 0.2) is 24.3 Å². The third kappa shape index (κ3) is 2.95. The molecule has 18 heavy (non-hydrogen) atoms. The Morgan fingerprint density at radius 3 is 2.56 bits per heavy atom. The molecule has 1 fully saturated rings. The maximum absolute atomic E-state index is 6.66. The summed E-state index contributed by atoms with van der Waals surface area (Å²) in [5.41, 5.74) is 9.41. The van der Waals surface area contributed by atoms with Crippen molar-refractivity contribution in [2.24, 2.45) is 11.7 Å². The number of aryl methyl sites for hydroxylation is 1. The molecule has 0 unspecified atom stereocenters. The van der Waals surface area contributed by atoms with E-state index in [4.69, 9.17) is 5.73 Å². The molecule has 2 N–H and O–H groups in total. The van der Waals surface area contributed by atoms with Gasteiger partial charge in [0.1, 0.15) is 0 Å². The summed E-state index contributed by atoms with van der Waals surface area (Å²) in [7, 11) is 0. The Labute approximate surface area is 112 Å². The van der Waals surface area contributed by atoms with Crippen LogP contribution in [0, 0.1) is 5.92 Å². The molecule has 0 atom stereocenters. The van der Waals surface area contributed by atoms with E-state index in [0.717, 1.165) is 18.8 Å². The summed E-state index contributed by atoms with van der Waals surface area (Å²) in [6.07, 6.45) is 8.59. The van der Waals surface area contributed by atoms with Crippen molar-refractivity contribution in [3.8, 4) is 0 Å². The van der Waals surface area contributed by atoms with Crippen molar-refractivity contribution in [3.05, 3.63) is 35.4 Å². The Morgan fingerprint density at radius 1 is 1.22 bits per heavy atom. The first-order valence-electron chi connectivity index (χ1n) is 7.56. The molecule has 1 aromatic rings. The molecule has 1 saturated carbocycles. The van der Waals surface area contributed by atoms with Crippen molar-refractivity contribution in [2.75, 3.05) is 0 Å². The Kier molecular flexibility index (Phi) is 4.45. The van der Waals surface area contributed by atoms with Crippen LogP contribution in [0.5, 0.6) is 0 Å². The van der Waals surface area contributed by atoms with Crippen molar-refractivity contribution < 1.29 is 0 Å². The molecule has 0 amide bonds. The van der Waals surface area contributed by atoms with Gasteiger partial charge in [0, 0.05) is 5.54 Å². The highest BCUT2D eigenvalue weighted by Gasteiger charge is 2.32. The molecule has 0 saturated heterocycles. The van der Waals surface area contributed by atoms with Crippen LogP contribution in [0.2, 0.25) is 0 Å². The summed E-state index contributed by atoms with van der Waals surface area (Å²) in [5, 5.41) is 0. The zero-order chi connectivity index (χ0) is 13.0. The molecule has 0 aliphatic heterocycles. The van der Waals surface area contributed by atoms with Crippen molar-refractivity contribution in [1.82, 2.24) is 0 Å². The van der Waals surface area contributed by atoms with Gasteiger partial charge in [0.15, 0.2) is 0 Å². The fourth-order valence-electron chi connectivity index (χ4n) is 3.21. The monoisotopic (exact) mass is 245 g/mol. The highest BCUT2D eigenvalue weighted by Crippen LogP contribution is 2.38. The number of nitrogens with two attached hydrogens (primary N) is 1. The zero-order valence-corrected chi connectivity index (χ0v) is 11.9. The molecule has 1 aliphatic carbocycles. The van der Waals surface area contributed by atoms with Crippen LogP contribution >= 0.6 is 0 Å². The normalized spacial score (nSPS) is 28.3. The lowest BCUT2D eigenvalue weighted by Crippen LogP contribution is -2.40. The summed E-state index contributed by atoms with van der Waals surface area (Å²) in [6, 6.07) is 8.98. The van der Waals surface area contributed by atoms with Crippen molar-refractivity contribution in [1.29, 1.82) is 0 Å². The average Bonchev–Trinajstić information content (AvgIpc) is 2.40. The van der Waals surface area contributed by atoms with Gasteiger partial charge in [0.25, 0.3) is 0 Å². The first-order valence-corrected chi connectivity index (χ1v) is 7.56. The van der Waals surface area contributed by atoms with Gasteiger partial charge in [-0.15, -0.1) is 0 Å². The molecular formula is C17H27N. The standard InChI is InChI=1S/C17H27N/c1-3-6-15-7-5-8-16(13-15)17(18)11-9-14(4-2)10-12-17/h5,7-8,13-14H,3-4,6,9-12,18H2,1-2H3. The van der Waals surface area contributed by atoms with Crippen LogP contribution in [-0.2, 0) is 12.0 Å². The van der Waals surface area contributed by atoms with E-state index in [1.54, 1.807) is 0 Å². The minimum absolute atomic E-state index is 0.0601. The van der Waals surface area contributed by atoms with Crippen LogP contribution in [-0.4, -0.2) is 0 Å². The molecule has 1 nitrogen and oxygen atoms in total. The highest BCUT2D eigenvalue weighted by atomic mass is 14.7. The summed E-state index contributed by atoms with van der Waals surface area (Å²) in [4.78, 5) is 0. The van der Waals surface area contributed by atoms with E-state index in [2.05, 4.69) is 38.1 Å². The van der Waals surface area contributed by atoms with Crippen LogP contribution in [0.25, 0.3) is 0 Å². The summed E-state index contributed by atoms with van der Waals surface area (Å²) in [5.74, 6) is 0.903. The van der Waals surface area contributed by atoms with Gasteiger partial charge in [-0.25, -0.2) is 0 Å². The van der Waals surface area contributed by atoms with Crippen LogP contribution in [0.3, 0.4) is 0 Å². The molecule has 1 aromatic carbocycles. The highest BCUT2D eigenvalue weighted by molar-refractivity contribution is 5.30. The van der Waals surface area contributed by atoms with Crippen LogP contribution < -0.4 is 5.73 Å². The fourth-order valence-corrected chi connectivity index (χ4v) is 3.21. The maximum atomic E-state index is 6.66. The quantitative estimate of drug-likeness (QED) is 0.836. The molecule has 0 spiro atoms. The first kappa shape index (κ1) is 13.6. The topological polar surface area (TPSA) is 26.0 Å². The minimum Gasteiger partial charge on any atom is -0.321 e. The van der Waals surface area contributed by atoms with Gasteiger partial charge in [-0.2, -0.15) is 0 Å². The summed E-state index contributed by atoms with van der Waals surface area (Å²) in [6.45, 7) is 4.54. The third-order valence-electron chi connectivity index (χ3n) is 4.62. The minimum atomic E-state index is -0.0601. The fraction of sp³-hybridized carbons (Fsp3) is 0.647. The molecule has 1 heteroatoms. The van der Waals surface area contributed by atoms with Crippen LogP contribution in [0.4, 0.5) is 0 Å². The molecule has 0 aromatic heterocycles. The zero-order valence-electron chi connectivity index (χ0n) is 11.9. The van der Waals surface area contributed by atoms with Gasteiger partial charge in [0.05, 0.1) is 0 Å². The predicted octanol–water partition coefficient (Wildman–Crippen LogP) is 4.39. The second-order valence-electron chi connectivity index (χ2n) is 5.96. The lowest BCUT2D eigenvalue weighted by Gasteiger charge is -2.37. The second-order valence-corrected chi connectivity index (χ2v) is 5.96. The van der Waals surface area contributed by atoms with E-state index in [1.807, 2.05) is 0 Å². The Balaban J connectivity index is 2.12. The maximum Gasteiger partial charge on any atom is 0.0409 e. The van der Waals surface area contributed by atoms with Gasteiger partial charge in [-0.1, -0.05) is 51.0 Å². The molecule has 0 radical (unpaired) electrons.